The Kier molecular flexibility index (Phi) is 3.95. The number of nitrogens with zero attached hydrogens (tertiary/aromatic N) is 4. The highest BCUT2D eigenvalue weighted by Gasteiger charge is 2.29. The number of hydrogen-bond acceptors (Lipinski definition) is 4. The minimum absolute atomic E-state index is 0.1000. The van der Waals surface area contributed by atoms with Gasteiger partial charge in [0.05, 0.1) is 22.3 Å². The van der Waals surface area contributed by atoms with E-state index >= 15 is 0 Å². The molecule has 1 aromatic carbocycles. The summed E-state index contributed by atoms with van der Waals surface area (Å²) < 4.78 is 0. The highest BCUT2D eigenvalue weighted by atomic mass is 14.4. The van der Waals surface area contributed by atoms with Crippen molar-refractivity contribution >= 4 is 6.08 Å². The van der Waals surface area contributed by atoms with Crippen LogP contribution in [0.1, 0.15) is 54.2 Å². The molecule has 0 fully saturated rings. The second-order valence-corrected chi connectivity index (χ2v) is 5.19. The summed E-state index contributed by atoms with van der Waals surface area (Å²) in [6.07, 6.45) is 1.34. The molecule has 0 saturated carbocycles. The lowest BCUT2D eigenvalue weighted by Gasteiger charge is -2.24. The second-order valence-electron chi connectivity index (χ2n) is 5.19. The van der Waals surface area contributed by atoms with Crippen molar-refractivity contribution in [2.75, 3.05) is 0 Å². The van der Waals surface area contributed by atoms with E-state index in [1.54, 1.807) is 0 Å². The molecule has 0 unspecified atom stereocenters. The summed E-state index contributed by atoms with van der Waals surface area (Å²) in [6, 6.07) is 7.88. The summed E-state index contributed by atoms with van der Waals surface area (Å²) in [5, 5.41) is 37.3. The third-order valence-corrected chi connectivity index (χ3v) is 2.94. The maximum absolute atomic E-state index is 9.37. The van der Waals surface area contributed by atoms with E-state index in [2.05, 4.69) is 6.58 Å². The van der Waals surface area contributed by atoms with Crippen LogP contribution in [0.5, 0.6) is 0 Å². The van der Waals surface area contributed by atoms with Gasteiger partial charge < -0.3 is 0 Å². The zero-order chi connectivity index (χ0) is 15.5. The average molecular weight is 260 g/mol. The van der Waals surface area contributed by atoms with Crippen LogP contribution in [-0.4, -0.2) is 0 Å². The summed E-state index contributed by atoms with van der Waals surface area (Å²) in [5.41, 5.74) is 0.631. The van der Waals surface area contributed by atoms with E-state index in [4.69, 9.17) is 0 Å². The number of rotatable bonds is 1. The lowest BCUT2D eigenvalue weighted by atomic mass is 9.76. The van der Waals surface area contributed by atoms with Crippen molar-refractivity contribution in [3.8, 4) is 24.3 Å². The first-order valence-corrected chi connectivity index (χ1v) is 5.84. The average Bonchev–Trinajstić information content (AvgIpc) is 2.42. The first-order chi connectivity index (χ1) is 9.37. The predicted octanol–water partition coefficient (Wildman–Crippen LogP) is 3.11. The minimum Gasteiger partial charge on any atom is -0.192 e. The molecule has 4 heteroatoms. The highest BCUT2D eigenvalue weighted by Crippen LogP contribution is 2.35. The molecule has 0 heterocycles. The van der Waals surface area contributed by atoms with Crippen LogP contribution in [-0.2, 0) is 5.41 Å². The predicted molar refractivity (Wildman–Crippen MR) is 74.1 cm³/mol. The lowest BCUT2D eigenvalue weighted by Crippen LogP contribution is -2.19. The largest absolute Gasteiger partial charge is 0.192 e. The van der Waals surface area contributed by atoms with Crippen LogP contribution in [0.25, 0.3) is 6.08 Å². The van der Waals surface area contributed by atoms with Gasteiger partial charge in [0.25, 0.3) is 0 Å². The molecule has 0 saturated heterocycles. The zero-order valence-electron chi connectivity index (χ0n) is 11.6. The SMILES string of the molecule is C=Cc1c(C#N)c(C#N)c(C(C)(C)C)c(C#N)c1C#N. The van der Waals surface area contributed by atoms with Gasteiger partial charge in [-0.2, -0.15) is 21.0 Å². The van der Waals surface area contributed by atoms with Crippen molar-refractivity contribution in [3.63, 3.8) is 0 Å². The summed E-state index contributed by atoms with van der Waals surface area (Å²) in [6.45, 7) is 9.07. The van der Waals surface area contributed by atoms with E-state index in [0.29, 0.717) is 5.56 Å². The Morgan fingerprint density at radius 3 is 1.35 bits per heavy atom. The molecule has 0 spiro atoms. The van der Waals surface area contributed by atoms with E-state index in [1.165, 1.54) is 6.08 Å². The quantitative estimate of drug-likeness (QED) is 0.774. The Morgan fingerprint density at radius 2 is 1.15 bits per heavy atom. The molecule has 0 radical (unpaired) electrons. The van der Waals surface area contributed by atoms with Gasteiger partial charge in [-0.1, -0.05) is 33.4 Å². The normalized spacial score (nSPS) is 9.75. The zero-order valence-corrected chi connectivity index (χ0v) is 11.6. The number of benzene rings is 1. The molecule has 0 atom stereocenters. The van der Waals surface area contributed by atoms with Crippen molar-refractivity contribution < 1.29 is 0 Å². The van der Waals surface area contributed by atoms with E-state index in [1.807, 2.05) is 45.0 Å². The second kappa shape index (κ2) is 5.27. The fourth-order valence-electron chi connectivity index (χ4n) is 2.18. The Balaban J connectivity index is 4.24. The molecule has 4 nitrogen and oxygen atoms in total. The fourth-order valence-corrected chi connectivity index (χ4v) is 2.18. The number of nitriles is 4. The summed E-state index contributed by atoms with van der Waals surface area (Å²) in [4.78, 5) is 0. The van der Waals surface area contributed by atoms with Crippen LogP contribution >= 0.6 is 0 Å². The molecule has 0 aliphatic heterocycles. The summed E-state index contributed by atoms with van der Waals surface area (Å²) in [5.74, 6) is 0. The van der Waals surface area contributed by atoms with Crippen LogP contribution in [0.15, 0.2) is 6.58 Å². The van der Waals surface area contributed by atoms with Crippen molar-refractivity contribution in [1.29, 1.82) is 21.0 Å². The third kappa shape index (κ3) is 2.12. The Hall–Kier alpha value is -3.08. The van der Waals surface area contributed by atoms with Gasteiger partial charge in [-0.05, 0) is 11.0 Å². The van der Waals surface area contributed by atoms with Gasteiger partial charge in [0.15, 0.2) is 0 Å². The molecule has 1 rings (SSSR count). The topological polar surface area (TPSA) is 95.2 Å². The third-order valence-electron chi connectivity index (χ3n) is 2.94. The molecule has 96 valence electrons. The van der Waals surface area contributed by atoms with Crippen molar-refractivity contribution in [2.45, 2.75) is 26.2 Å². The highest BCUT2D eigenvalue weighted by molar-refractivity contribution is 5.75. The Labute approximate surface area is 118 Å². The first kappa shape index (κ1) is 15.0. The van der Waals surface area contributed by atoms with E-state index in [-0.39, 0.29) is 27.8 Å². The van der Waals surface area contributed by atoms with Gasteiger partial charge >= 0.3 is 0 Å². The smallest absolute Gasteiger partial charge is 0.101 e. The van der Waals surface area contributed by atoms with Crippen LogP contribution in [0.3, 0.4) is 0 Å². The monoisotopic (exact) mass is 260 g/mol. The van der Waals surface area contributed by atoms with Crippen LogP contribution in [0.2, 0.25) is 0 Å². The van der Waals surface area contributed by atoms with Crippen LogP contribution in [0, 0.1) is 45.3 Å². The van der Waals surface area contributed by atoms with Gasteiger partial charge in [-0.15, -0.1) is 0 Å². The number of hydrogen-bond donors (Lipinski definition) is 0. The molecule has 20 heavy (non-hydrogen) atoms. The van der Waals surface area contributed by atoms with Gasteiger partial charge in [0.1, 0.15) is 24.3 Å². The Bertz CT molecular complexity index is 698. The summed E-state index contributed by atoms with van der Waals surface area (Å²) in [7, 11) is 0. The molecule has 0 N–H and O–H groups in total. The molecular weight excluding hydrogens is 248 g/mol. The molecule has 0 aromatic heterocycles. The van der Waals surface area contributed by atoms with Gasteiger partial charge in [-0.3, -0.25) is 0 Å². The maximum atomic E-state index is 9.37. The van der Waals surface area contributed by atoms with Crippen molar-refractivity contribution in [3.05, 3.63) is 40.0 Å². The van der Waals surface area contributed by atoms with Gasteiger partial charge in [-0.25, -0.2) is 0 Å². The molecule has 0 aliphatic carbocycles. The minimum atomic E-state index is -0.535. The summed E-state index contributed by atoms with van der Waals surface area (Å²) >= 11 is 0. The lowest BCUT2D eigenvalue weighted by molar-refractivity contribution is 0.586. The van der Waals surface area contributed by atoms with Crippen molar-refractivity contribution in [2.24, 2.45) is 0 Å². The van der Waals surface area contributed by atoms with Gasteiger partial charge in [0, 0.05) is 5.56 Å². The standard InChI is InChI=1S/C16H12N4/c1-5-10-11(6-17)13(8-19)15(16(2,3)4)14(9-20)12(10)7-18/h5H,1H2,2-4H3. The van der Waals surface area contributed by atoms with Gasteiger partial charge in [0.2, 0.25) is 0 Å². The van der Waals surface area contributed by atoms with E-state index in [9.17, 15) is 21.0 Å². The van der Waals surface area contributed by atoms with Crippen LogP contribution < -0.4 is 0 Å². The van der Waals surface area contributed by atoms with Crippen LogP contribution in [0.4, 0.5) is 0 Å². The van der Waals surface area contributed by atoms with Crippen molar-refractivity contribution in [1.82, 2.24) is 0 Å². The molecule has 0 bridgehead atoms. The first-order valence-electron chi connectivity index (χ1n) is 5.84. The van der Waals surface area contributed by atoms with E-state index in [0.717, 1.165) is 0 Å². The Morgan fingerprint density at radius 1 is 0.800 bits per heavy atom. The molecular formula is C16H12N4. The molecule has 1 aromatic rings. The molecule has 0 amide bonds. The maximum Gasteiger partial charge on any atom is 0.101 e. The fraction of sp³-hybridized carbons (Fsp3) is 0.250. The van der Waals surface area contributed by atoms with E-state index < -0.39 is 5.41 Å². The molecule has 0 aliphatic rings.